The minimum atomic E-state index is -0.000993. The minimum absolute atomic E-state index is 0. The molecule has 24 heavy (non-hydrogen) atoms. The minimum Gasteiger partial charge on any atom is -0.493 e. The Bertz CT molecular complexity index is 419. The van der Waals surface area contributed by atoms with E-state index >= 15 is 0 Å². The van der Waals surface area contributed by atoms with Crippen LogP contribution in [0.15, 0.2) is 18.2 Å². The number of aliphatic hydroxyl groups excluding tert-OH is 1. The molecule has 0 bridgehead atoms. The number of nitrogens with zero attached hydrogens (tertiary/aromatic N) is 1. The second-order valence-corrected chi connectivity index (χ2v) is 5.11. The fraction of sp³-hybridized carbons (Fsp3) is 0.647. The van der Waals surface area contributed by atoms with Crippen molar-refractivity contribution in [1.29, 1.82) is 0 Å². The Balaban J connectivity index is 0. The highest BCUT2D eigenvalue weighted by molar-refractivity contribution is 5.85. The van der Waals surface area contributed by atoms with Gasteiger partial charge >= 0.3 is 0 Å². The molecule has 0 aromatic heterocycles. The average molecular weight is 383 g/mol. The third-order valence-electron chi connectivity index (χ3n) is 3.63. The number of nitrogens with one attached hydrogen (secondary N) is 1. The van der Waals surface area contributed by atoms with Gasteiger partial charge in [0.15, 0.2) is 11.5 Å². The van der Waals surface area contributed by atoms with Gasteiger partial charge in [0.25, 0.3) is 0 Å². The Hall–Kier alpha value is -0.720. The normalized spacial score (nSPS) is 10.0. The zero-order valence-corrected chi connectivity index (χ0v) is 16.5. The molecule has 0 aliphatic carbocycles. The van der Waals surface area contributed by atoms with Crippen molar-refractivity contribution in [2.45, 2.75) is 26.8 Å². The molecule has 0 aliphatic heterocycles. The highest BCUT2D eigenvalue weighted by Gasteiger charge is 2.05. The van der Waals surface area contributed by atoms with Crippen LogP contribution in [-0.2, 0) is 6.54 Å². The first-order valence-electron chi connectivity index (χ1n) is 8.08. The number of hydrogen-bond acceptors (Lipinski definition) is 5. The van der Waals surface area contributed by atoms with Crippen LogP contribution in [0.25, 0.3) is 0 Å². The van der Waals surface area contributed by atoms with Gasteiger partial charge in [0.05, 0.1) is 13.7 Å². The number of halogens is 2. The summed E-state index contributed by atoms with van der Waals surface area (Å²) in [6.45, 7) is 9.85. The summed E-state index contributed by atoms with van der Waals surface area (Å²) in [6, 6.07) is 5.89. The van der Waals surface area contributed by atoms with E-state index in [1.54, 1.807) is 7.11 Å². The van der Waals surface area contributed by atoms with E-state index in [0.29, 0.717) is 11.5 Å². The van der Waals surface area contributed by atoms with E-state index in [0.717, 1.165) is 44.7 Å². The Morgan fingerprint density at radius 1 is 1.12 bits per heavy atom. The molecule has 1 rings (SSSR count). The number of hydrogen-bond donors (Lipinski definition) is 2. The molecule has 0 radical (unpaired) electrons. The molecule has 0 spiro atoms. The number of aliphatic hydroxyl groups is 1. The molecule has 0 saturated heterocycles. The van der Waals surface area contributed by atoms with Crippen LogP contribution < -0.4 is 14.8 Å². The van der Waals surface area contributed by atoms with Gasteiger partial charge in [-0.2, -0.15) is 0 Å². The molecule has 0 atom stereocenters. The maximum atomic E-state index is 8.81. The molecule has 2 N–H and O–H groups in total. The Kier molecular flexibility index (Phi) is 16.8. The first-order chi connectivity index (χ1) is 10.7. The van der Waals surface area contributed by atoms with Crippen LogP contribution in [0.3, 0.4) is 0 Å². The predicted molar refractivity (Wildman–Crippen MR) is 104 cm³/mol. The third kappa shape index (κ3) is 9.55. The summed E-state index contributed by atoms with van der Waals surface area (Å²) >= 11 is 0. The SMILES string of the molecule is CCN(CC)CCCNCc1ccc(OCCO)c(OC)c1.Cl.Cl. The lowest BCUT2D eigenvalue weighted by Crippen LogP contribution is -2.27. The highest BCUT2D eigenvalue weighted by atomic mass is 35.5. The monoisotopic (exact) mass is 382 g/mol. The first kappa shape index (κ1) is 25.5. The molecule has 0 heterocycles. The molecule has 7 heteroatoms. The van der Waals surface area contributed by atoms with Crippen molar-refractivity contribution in [1.82, 2.24) is 10.2 Å². The van der Waals surface area contributed by atoms with Gasteiger partial charge in [-0.3, -0.25) is 0 Å². The van der Waals surface area contributed by atoms with Crippen LogP contribution in [0, 0.1) is 0 Å². The predicted octanol–water partition coefficient (Wildman–Crippen LogP) is 2.73. The largest absolute Gasteiger partial charge is 0.493 e. The summed E-state index contributed by atoms with van der Waals surface area (Å²) in [6.07, 6.45) is 1.15. The van der Waals surface area contributed by atoms with Gasteiger partial charge in [0.2, 0.25) is 0 Å². The van der Waals surface area contributed by atoms with E-state index in [-0.39, 0.29) is 38.0 Å². The Morgan fingerprint density at radius 2 is 1.83 bits per heavy atom. The number of methoxy groups -OCH3 is 1. The number of ether oxygens (including phenoxy) is 2. The van der Waals surface area contributed by atoms with Crippen molar-refractivity contribution in [3.8, 4) is 11.5 Å². The second-order valence-electron chi connectivity index (χ2n) is 5.11. The Labute approximate surface area is 158 Å². The lowest BCUT2D eigenvalue weighted by molar-refractivity contribution is 0.196. The van der Waals surface area contributed by atoms with Crippen LogP contribution in [0.4, 0.5) is 0 Å². The first-order valence-corrected chi connectivity index (χ1v) is 8.08. The quantitative estimate of drug-likeness (QED) is 0.544. The molecule has 5 nitrogen and oxygen atoms in total. The summed E-state index contributed by atoms with van der Waals surface area (Å²) < 4.78 is 10.8. The molecule has 1 aromatic rings. The fourth-order valence-electron chi connectivity index (χ4n) is 2.30. The van der Waals surface area contributed by atoms with E-state index in [9.17, 15) is 0 Å². The molecule has 0 amide bonds. The maximum absolute atomic E-state index is 8.81. The standard InChI is InChI=1S/C17H30N2O3.2ClH/c1-4-19(5-2)10-6-9-18-14-15-7-8-16(22-12-11-20)17(13-15)21-3;;/h7-8,13,18,20H,4-6,9-12,14H2,1-3H3;2*1H. The molecule has 0 unspecified atom stereocenters. The summed E-state index contributed by atoms with van der Waals surface area (Å²) in [5, 5.41) is 12.3. The number of rotatable bonds is 12. The van der Waals surface area contributed by atoms with Gasteiger partial charge in [-0.25, -0.2) is 0 Å². The zero-order valence-electron chi connectivity index (χ0n) is 14.9. The van der Waals surface area contributed by atoms with E-state index < -0.39 is 0 Å². The van der Waals surface area contributed by atoms with Crippen molar-refractivity contribution in [3.05, 3.63) is 23.8 Å². The van der Waals surface area contributed by atoms with Gasteiger partial charge in [-0.05, 0) is 50.3 Å². The summed E-state index contributed by atoms with van der Waals surface area (Å²) in [4.78, 5) is 2.43. The molecule has 0 saturated carbocycles. The van der Waals surface area contributed by atoms with Crippen molar-refractivity contribution >= 4 is 24.8 Å². The maximum Gasteiger partial charge on any atom is 0.161 e. The average Bonchev–Trinajstić information content (AvgIpc) is 2.56. The van der Waals surface area contributed by atoms with Gasteiger partial charge in [-0.15, -0.1) is 24.8 Å². The summed E-state index contributed by atoms with van der Waals surface area (Å²) in [7, 11) is 1.63. The van der Waals surface area contributed by atoms with Gasteiger partial charge < -0.3 is 24.8 Å². The zero-order chi connectivity index (χ0) is 16.2. The molecule has 142 valence electrons. The van der Waals surface area contributed by atoms with Crippen molar-refractivity contribution < 1.29 is 14.6 Å². The summed E-state index contributed by atoms with van der Waals surface area (Å²) in [5.74, 6) is 1.37. The number of benzene rings is 1. The second kappa shape index (κ2) is 15.8. The highest BCUT2D eigenvalue weighted by Crippen LogP contribution is 2.27. The van der Waals surface area contributed by atoms with E-state index in [1.807, 2.05) is 18.2 Å². The lowest BCUT2D eigenvalue weighted by Gasteiger charge is -2.17. The molecule has 1 aromatic carbocycles. The fourth-order valence-corrected chi connectivity index (χ4v) is 2.30. The van der Waals surface area contributed by atoms with Crippen LogP contribution in [0.5, 0.6) is 11.5 Å². The molecule has 0 fully saturated rings. The third-order valence-corrected chi connectivity index (χ3v) is 3.63. The Morgan fingerprint density at radius 3 is 2.42 bits per heavy atom. The topological polar surface area (TPSA) is 54.0 Å². The molecular formula is C17H32Cl2N2O3. The van der Waals surface area contributed by atoms with Crippen molar-refractivity contribution in [3.63, 3.8) is 0 Å². The van der Waals surface area contributed by atoms with Gasteiger partial charge in [0, 0.05) is 6.54 Å². The van der Waals surface area contributed by atoms with Gasteiger partial charge in [-0.1, -0.05) is 19.9 Å². The van der Waals surface area contributed by atoms with Crippen LogP contribution in [0.2, 0.25) is 0 Å². The van der Waals surface area contributed by atoms with Crippen molar-refractivity contribution in [2.24, 2.45) is 0 Å². The van der Waals surface area contributed by atoms with E-state index in [2.05, 4.69) is 24.1 Å². The van der Waals surface area contributed by atoms with Crippen LogP contribution >= 0.6 is 24.8 Å². The van der Waals surface area contributed by atoms with E-state index in [1.165, 1.54) is 0 Å². The van der Waals surface area contributed by atoms with Gasteiger partial charge in [0.1, 0.15) is 6.61 Å². The van der Waals surface area contributed by atoms with Crippen molar-refractivity contribution in [2.75, 3.05) is 46.5 Å². The smallest absolute Gasteiger partial charge is 0.161 e. The van der Waals surface area contributed by atoms with Crippen LogP contribution in [0.1, 0.15) is 25.8 Å². The van der Waals surface area contributed by atoms with Crippen LogP contribution in [-0.4, -0.2) is 56.5 Å². The summed E-state index contributed by atoms with van der Waals surface area (Å²) in [5.41, 5.74) is 1.16. The lowest BCUT2D eigenvalue weighted by atomic mass is 10.2. The van der Waals surface area contributed by atoms with E-state index in [4.69, 9.17) is 14.6 Å². The molecule has 0 aliphatic rings. The molecular weight excluding hydrogens is 351 g/mol.